The van der Waals surface area contributed by atoms with Crippen LogP contribution in [-0.4, -0.2) is 11.5 Å². The summed E-state index contributed by atoms with van der Waals surface area (Å²) in [5.74, 6) is 0.695. The number of rotatable bonds is 4. The van der Waals surface area contributed by atoms with E-state index in [2.05, 4.69) is 67.6 Å². The molecule has 0 spiro atoms. The van der Waals surface area contributed by atoms with Crippen molar-refractivity contribution < 1.29 is 0 Å². The molecule has 3 rings (SSSR count). The van der Waals surface area contributed by atoms with Crippen molar-refractivity contribution in [2.45, 2.75) is 46.1 Å². The van der Waals surface area contributed by atoms with Gasteiger partial charge in [0.1, 0.15) is 0 Å². The van der Waals surface area contributed by atoms with Gasteiger partial charge in [-0.2, -0.15) is 0 Å². The Morgan fingerprint density at radius 2 is 2.14 bits per heavy atom. The van der Waals surface area contributed by atoms with Gasteiger partial charge in [-0.05, 0) is 48.4 Å². The maximum absolute atomic E-state index is 4.66. The molecular formula is C19H26N2. The molecule has 21 heavy (non-hydrogen) atoms. The van der Waals surface area contributed by atoms with Crippen molar-refractivity contribution in [2.24, 2.45) is 11.3 Å². The Balaban J connectivity index is 1.98. The van der Waals surface area contributed by atoms with E-state index in [0.29, 0.717) is 17.4 Å². The smallest absolute Gasteiger partial charge is 0.0702 e. The number of hydrogen-bond donors (Lipinski definition) is 1. The van der Waals surface area contributed by atoms with Crippen LogP contribution in [0.4, 0.5) is 0 Å². The standard InChI is InChI=1S/C19H26N2/c1-4-20-18(16-9-7-11-19(16,2)3)15-12-14-8-5-6-10-17(14)21-13-15/h5-6,8,10,12-13,16,18,20H,4,7,9,11H2,1-3H3. The molecule has 2 aromatic rings. The van der Waals surface area contributed by atoms with Crippen LogP contribution in [0.5, 0.6) is 0 Å². The van der Waals surface area contributed by atoms with Gasteiger partial charge in [0.25, 0.3) is 0 Å². The number of nitrogens with zero attached hydrogens (tertiary/aromatic N) is 1. The van der Waals surface area contributed by atoms with Crippen LogP contribution in [0.15, 0.2) is 36.5 Å². The number of fused-ring (bicyclic) bond motifs is 1. The second-order valence-electron chi connectivity index (χ2n) is 6.98. The fraction of sp³-hybridized carbons (Fsp3) is 0.526. The fourth-order valence-electron chi connectivity index (χ4n) is 3.94. The highest BCUT2D eigenvalue weighted by atomic mass is 14.9. The molecule has 1 N–H and O–H groups in total. The summed E-state index contributed by atoms with van der Waals surface area (Å²) in [5, 5.41) is 4.97. The van der Waals surface area contributed by atoms with E-state index < -0.39 is 0 Å². The minimum Gasteiger partial charge on any atom is -0.310 e. The molecule has 0 aliphatic heterocycles. The number of pyridine rings is 1. The lowest BCUT2D eigenvalue weighted by Gasteiger charge is -2.35. The van der Waals surface area contributed by atoms with E-state index >= 15 is 0 Å². The topological polar surface area (TPSA) is 24.9 Å². The lowest BCUT2D eigenvalue weighted by atomic mass is 9.75. The van der Waals surface area contributed by atoms with Crippen molar-refractivity contribution in [2.75, 3.05) is 6.54 Å². The second kappa shape index (κ2) is 5.76. The van der Waals surface area contributed by atoms with Crippen LogP contribution in [-0.2, 0) is 0 Å². The van der Waals surface area contributed by atoms with E-state index in [1.807, 2.05) is 0 Å². The summed E-state index contributed by atoms with van der Waals surface area (Å²) < 4.78 is 0. The first kappa shape index (κ1) is 14.5. The normalized spacial score (nSPS) is 22.5. The van der Waals surface area contributed by atoms with Gasteiger partial charge in [-0.1, -0.05) is 45.4 Å². The van der Waals surface area contributed by atoms with Crippen molar-refractivity contribution in [3.8, 4) is 0 Å². The summed E-state index contributed by atoms with van der Waals surface area (Å²) in [5.41, 5.74) is 2.84. The van der Waals surface area contributed by atoms with Gasteiger partial charge in [0.2, 0.25) is 0 Å². The zero-order valence-electron chi connectivity index (χ0n) is 13.4. The third-order valence-corrected chi connectivity index (χ3v) is 5.14. The van der Waals surface area contributed by atoms with E-state index in [4.69, 9.17) is 0 Å². The summed E-state index contributed by atoms with van der Waals surface area (Å²) in [7, 11) is 0. The van der Waals surface area contributed by atoms with E-state index in [-0.39, 0.29) is 0 Å². The molecule has 2 atom stereocenters. The van der Waals surface area contributed by atoms with Gasteiger partial charge in [0.15, 0.2) is 0 Å². The van der Waals surface area contributed by atoms with Crippen LogP contribution in [0, 0.1) is 11.3 Å². The number of hydrogen-bond acceptors (Lipinski definition) is 2. The molecule has 2 heteroatoms. The van der Waals surface area contributed by atoms with Crippen LogP contribution in [0.2, 0.25) is 0 Å². The van der Waals surface area contributed by atoms with Crippen LogP contribution in [0.3, 0.4) is 0 Å². The Bertz CT molecular complexity index is 618. The first-order valence-electron chi connectivity index (χ1n) is 8.20. The van der Waals surface area contributed by atoms with E-state index in [1.165, 1.54) is 30.2 Å². The van der Waals surface area contributed by atoms with Gasteiger partial charge in [0.05, 0.1) is 5.52 Å². The average Bonchev–Trinajstić information content (AvgIpc) is 2.83. The average molecular weight is 282 g/mol. The monoisotopic (exact) mass is 282 g/mol. The van der Waals surface area contributed by atoms with Crippen LogP contribution < -0.4 is 5.32 Å². The quantitative estimate of drug-likeness (QED) is 0.878. The summed E-state index contributed by atoms with van der Waals surface area (Å²) in [4.78, 5) is 4.66. The maximum atomic E-state index is 4.66. The van der Waals surface area contributed by atoms with E-state index in [1.54, 1.807) is 0 Å². The summed E-state index contributed by atoms with van der Waals surface area (Å²) >= 11 is 0. The van der Waals surface area contributed by atoms with Crippen molar-refractivity contribution in [3.05, 3.63) is 42.1 Å². The van der Waals surface area contributed by atoms with Crippen molar-refractivity contribution in [1.29, 1.82) is 0 Å². The number of benzene rings is 1. The summed E-state index contributed by atoms with van der Waals surface area (Å²) in [6.07, 6.45) is 6.07. The first-order valence-corrected chi connectivity index (χ1v) is 8.20. The zero-order chi connectivity index (χ0) is 14.9. The molecular weight excluding hydrogens is 256 g/mol. The minimum absolute atomic E-state index is 0.415. The molecule has 0 saturated heterocycles. The van der Waals surface area contributed by atoms with Gasteiger partial charge in [0, 0.05) is 17.6 Å². The van der Waals surface area contributed by atoms with E-state index in [9.17, 15) is 0 Å². The highest BCUT2D eigenvalue weighted by molar-refractivity contribution is 5.78. The maximum Gasteiger partial charge on any atom is 0.0702 e. The Labute approximate surface area is 128 Å². The molecule has 1 fully saturated rings. The Kier molecular flexibility index (Phi) is 3.99. The molecule has 0 radical (unpaired) electrons. The number of aromatic nitrogens is 1. The lowest BCUT2D eigenvalue weighted by Crippen LogP contribution is -2.34. The molecule has 1 heterocycles. The Morgan fingerprint density at radius 1 is 1.33 bits per heavy atom. The van der Waals surface area contributed by atoms with Crippen molar-refractivity contribution in [1.82, 2.24) is 10.3 Å². The first-order chi connectivity index (χ1) is 10.1. The summed E-state index contributed by atoms with van der Waals surface area (Å²) in [6, 6.07) is 11.1. The summed E-state index contributed by atoms with van der Waals surface area (Å²) in [6.45, 7) is 8.04. The zero-order valence-corrected chi connectivity index (χ0v) is 13.4. The molecule has 1 aromatic heterocycles. The molecule has 2 nitrogen and oxygen atoms in total. The van der Waals surface area contributed by atoms with Crippen molar-refractivity contribution in [3.63, 3.8) is 0 Å². The molecule has 112 valence electrons. The highest BCUT2D eigenvalue weighted by Crippen LogP contribution is 2.48. The molecule has 2 unspecified atom stereocenters. The van der Waals surface area contributed by atoms with E-state index in [0.717, 1.165) is 12.1 Å². The Hall–Kier alpha value is -1.41. The molecule has 0 bridgehead atoms. The SMILES string of the molecule is CCNC(c1cnc2ccccc2c1)C1CCCC1(C)C. The van der Waals surface area contributed by atoms with Crippen LogP contribution in [0.25, 0.3) is 10.9 Å². The molecule has 0 amide bonds. The van der Waals surface area contributed by atoms with Crippen molar-refractivity contribution >= 4 is 10.9 Å². The van der Waals surface area contributed by atoms with Gasteiger partial charge >= 0.3 is 0 Å². The highest BCUT2D eigenvalue weighted by Gasteiger charge is 2.39. The predicted octanol–water partition coefficient (Wildman–Crippen LogP) is 4.71. The largest absolute Gasteiger partial charge is 0.310 e. The number of para-hydroxylation sites is 1. The second-order valence-corrected chi connectivity index (χ2v) is 6.98. The molecule has 1 aliphatic rings. The lowest BCUT2D eigenvalue weighted by molar-refractivity contribution is 0.199. The van der Waals surface area contributed by atoms with Crippen LogP contribution in [0.1, 0.15) is 51.6 Å². The molecule has 1 aromatic carbocycles. The predicted molar refractivity (Wildman–Crippen MR) is 89.3 cm³/mol. The fourth-order valence-corrected chi connectivity index (χ4v) is 3.94. The third-order valence-electron chi connectivity index (χ3n) is 5.14. The van der Waals surface area contributed by atoms with Gasteiger partial charge in [-0.15, -0.1) is 0 Å². The third kappa shape index (κ3) is 2.82. The molecule has 1 saturated carbocycles. The minimum atomic E-state index is 0.415. The van der Waals surface area contributed by atoms with Gasteiger partial charge in [-0.3, -0.25) is 4.98 Å². The Morgan fingerprint density at radius 3 is 2.86 bits per heavy atom. The van der Waals surface area contributed by atoms with Crippen LogP contribution >= 0.6 is 0 Å². The van der Waals surface area contributed by atoms with Gasteiger partial charge in [-0.25, -0.2) is 0 Å². The van der Waals surface area contributed by atoms with Gasteiger partial charge < -0.3 is 5.32 Å². The molecule has 1 aliphatic carbocycles. The number of nitrogens with one attached hydrogen (secondary N) is 1.